The van der Waals surface area contributed by atoms with Crippen LogP contribution in [0.5, 0.6) is 0 Å². The molecule has 1 aromatic rings. The molecule has 1 aliphatic carbocycles. The number of aliphatic hydroxyl groups excluding tert-OH is 1. The lowest BCUT2D eigenvalue weighted by Gasteiger charge is -2.37. The number of aryl methyl sites for hydroxylation is 1. The van der Waals surface area contributed by atoms with Crippen LogP contribution in [0.1, 0.15) is 36.5 Å². The lowest BCUT2D eigenvalue weighted by molar-refractivity contribution is -0.00387. The predicted octanol–water partition coefficient (Wildman–Crippen LogP) is 2.71. The van der Waals surface area contributed by atoms with Crippen molar-refractivity contribution < 1.29 is 9.84 Å². The fourth-order valence-corrected chi connectivity index (χ4v) is 3.40. The van der Waals surface area contributed by atoms with Gasteiger partial charge in [-0.3, -0.25) is 0 Å². The number of ether oxygens (including phenoxy) is 1. The minimum Gasteiger partial charge on any atom is -0.388 e. The summed E-state index contributed by atoms with van der Waals surface area (Å²) in [6, 6.07) is 8.35. The normalized spacial score (nSPS) is 29.9. The third kappa shape index (κ3) is 2.12. The Morgan fingerprint density at radius 1 is 1.06 bits per heavy atom. The van der Waals surface area contributed by atoms with Gasteiger partial charge in [-0.05, 0) is 48.6 Å². The molecule has 1 aromatic carbocycles. The summed E-state index contributed by atoms with van der Waals surface area (Å²) >= 11 is 0. The summed E-state index contributed by atoms with van der Waals surface area (Å²) in [6.07, 6.45) is 4.22. The third-order valence-corrected chi connectivity index (χ3v) is 4.40. The summed E-state index contributed by atoms with van der Waals surface area (Å²) in [7, 11) is 0. The topological polar surface area (TPSA) is 29.5 Å². The molecule has 0 saturated carbocycles. The molecule has 1 saturated heterocycles. The van der Waals surface area contributed by atoms with Gasteiger partial charge in [-0.25, -0.2) is 0 Å². The van der Waals surface area contributed by atoms with E-state index in [1.807, 2.05) is 6.07 Å². The average molecular weight is 232 g/mol. The zero-order valence-electron chi connectivity index (χ0n) is 10.1. The molecule has 17 heavy (non-hydrogen) atoms. The van der Waals surface area contributed by atoms with Gasteiger partial charge >= 0.3 is 0 Å². The van der Waals surface area contributed by atoms with E-state index in [1.54, 1.807) is 0 Å². The van der Waals surface area contributed by atoms with Crippen LogP contribution in [0.15, 0.2) is 24.3 Å². The second-order valence-electron chi connectivity index (χ2n) is 5.30. The highest BCUT2D eigenvalue weighted by Crippen LogP contribution is 2.41. The zero-order chi connectivity index (χ0) is 11.7. The van der Waals surface area contributed by atoms with Crippen LogP contribution in [0, 0.1) is 11.8 Å². The lowest BCUT2D eigenvalue weighted by atomic mass is 9.72. The molecule has 0 aromatic heterocycles. The largest absolute Gasteiger partial charge is 0.388 e. The van der Waals surface area contributed by atoms with Crippen molar-refractivity contribution >= 4 is 0 Å². The van der Waals surface area contributed by atoms with E-state index in [0.717, 1.165) is 44.5 Å². The van der Waals surface area contributed by atoms with Crippen molar-refractivity contribution in [1.29, 1.82) is 0 Å². The molecule has 2 atom stereocenters. The van der Waals surface area contributed by atoms with Gasteiger partial charge in [0.25, 0.3) is 0 Å². The van der Waals surface area contributed by atoms with Gasteiger partial charge in [0.15, 0.2) is 0 Å². The number of hydrogen-bond donors (Lipinski definition) is 1. The molecule has 1 heterocycles. The van der Waals surface area contributed by atoms with E-state index in [2.05, 4.69) is 18.2 Å². The lowest BCUT2D eigenvalue weighted by Crippen LogP contribution is -2.31. The Kier molecular flexibility index (Phi) is 3.17. The van der Waals surface area contributed by atoms with Gasteiger partial charge in [0.1, 0.15) is 0 Å². The van der Waals surface area contributed by atoms with Gasteiger partial charge in [0.2, 0.25) is 0 Å². The monoisotopic (exact) mass is 232 g/mol. The van der Waals surface area contributed by atoms with E-state index in [9.17, 15) is 5.11 Å². The van der Waals surface area contributed by atoms with E-state index in [-0.39, 0.29) is 6.10 Å². The van der Waals surface area contributed by atoms with Crippen molar-refractivity contribution in [2.24, 2.45) is 11.8 Å². The molecule has 3 rings (SSSR count). The van der Waals surface area contributed by atoms with Crippen LogP contribution in [-0.4, -0.2) is 18.3 Å². The second kappa shape index (κ2) is 4.79. The van der Waals surface area contributed by atoms with Gasteiger partial charge in [0, 0.05) is 13.2 Å². The predicted molar refractivity (Wildman–Crippen MR) is 66.8 cm³/mol. The van der Waals surface area contributed by atoms with E-state index in [1.165, 1.54) is 5.56 Å². The Bertz CT molecular complexity index is 382. The molecule has 2 unspecified atom stereocenters. The van der Waals surface area contributed by atoms with Crippen LogP contribution < -0.4 is 0 Å². The molecule has 1 fully saturated rings. The summed E-state index contributed by atoms with van der Waals surface area (Å²) in [5.41, 5.74) is 2.50. The summed E-state index contributed by atoms with van der Waals surface area (Å²) in [5.74, 6) is 1.08. The molecule has 2 heteroatoms. The SMILES string of the molecule is OC1c2ccccc2CCC1C1CCOCC1. The van der Waals surface area contributed by atoms with Crippen molar-refractivity contribution in [3.63, 3.8) is 0 Å². The molecular weight excluding hydrogens is 212 g/mol. The first kappa shape index (κ1) is 11.2. The van der Waals surface area contributed by atoms with Crippen LogP contribution in [0.25, 0.3) is 0 Å². The molecule has 92 valence electrons. The maximum atomic E-state index is 10.5. The molecule has 1 aliphatic heterocycles. The molecule has 2 aliphatic rings. The van der Waals surface area contributed by atoms with Crippen LogP contribution in [0.4, 0.5) is 0 Å². The minimum atomic E-state index is -0.261. The summed E-state index contributed by atoms with van der Waals surface area (Å²) in [6.45, 7) is 1.74. The highest BCUT2D eigenvalue weighted by molar-refractivity contribution is 5.32. The fraction of sp³-hybridized carbons (Fsp3) is 0.600. The molecule has 0 radical (unpaired) electrons. The Labute approximate surface area is 103 Å². The Balaban J connectivity index is 1.81. The number of rotatable bonds is 1. The summed E-state index contributed by atoms with van der Waals surface area (Å²) < 4.78 is 5.41. The van der Waals surface area contributed by atoms with Crippen molar-refractivity contribution in [2.45, 2.75) is 31.8 Å². The standard InChI is InChI=1S/C15H20O2/c16-15-13-4-2-1-3-11(13)5-6-14(15)12-7-9-17-10-8-12/h1-4,12,14-16H,5-10H2. The molecule has 1 N–H and O–H groups in total. The van der Waals surface area contributed by atoms with Gasteiger partial charge < -0.3 is 9.84 Å². The van der Waals surface area contributed by atoms with E-state index in [4.69, 9.17) is 4.74 Å². The zero-order valence-corrected chi connectivity index (χ0v) is 10.1. The van der Waals surface area contributed by atoms with E-state index in [0.29, 0.717) is 11.8 Å². The van der Waals surface area contributed by atoms with Crippen LogP contribution in [0.2, 0.25) is 0 Å². The maximum Gasteiger partial charge on any atom is 0.0823 e. The van der Waals surface area contributed by atoms with E-state index >= 15 is 0 Å². The van der Waals surface area contributed by atoms with Gasteiger partial charge in [-0.1, -0.05) is 24.3 Å². The Morgan fingerprint density at radius 3 is 2.65 bits per heavy atom. The first-order chi connectivity index (χ1) is 8.36. The van der Waals surface area contributed by atoms with Crippen molar-refractivity contribution in [3.8, 4) is 0 Å². The average Bonchev–Trinajstić information content (AvgIpc) is 2.40. The van der Waals surface area contributed by atoms with Crippen molar-refractivity contribution in [3.05, 3.63) is 35.4 Å². The molecule has 2 nitrogen and oxygen atoms in total. The number of aliphatic hydroxyl groups is 1. The molecular formula is C15H20O2. The van der Waals surface area contributed by atoms with Gasteiger partial charge in [-0.15, -0.1) is 0 Å². The van der Waals surface area contributed by atoms with Gasteiger partial charge in [-0.2, -0.15) is 0 Å². The molecule has 0 bridgehead atoms. The smallest absolute Gasteiger partial charge is 0.0823 e. The molecule has 0 spiro atoms. The Hall–Kier alpha value is -0.860. The maximum absolute atomic E-state index is 10.5. The van der Waals surface area contributed by atoms with Crippen LogP contribution in [0.3, 0.4) is 0 Å². The first-order valence-corrected chi connectivity index (χ1v) is 6.70. The highest BCUT2D eigenvalue weighted by atomic mass is 16.5. The van der Waals surface area contributed by atoms with Gasteiger partial charge in [0.05, 0.1) is 6.10 Å². The highest BCUT2D eigenvalue weighted by Gasteiger charge is 2.34. The summed E-state index contributed by atoms with van der Waals surface area (Å²) in [5, 5.41) is 10.5. The first-order valence-electron chi connectivity index (χ1n) is 6.70. The second-order valence-corrected chi connectivity index (χ2v) is 5.30. The number of benzene rings is 1. The van der Waals surface area contributed by atoms with Crippen molar-refractivity contribution in [2.75, 3.05) is 13.2 Å². The van der Waals surface area contributed by atoms with E-state index < -0.39 is 0 Å². The summed E-state index contributed by atoms with van der Waals surface area (Å²) in [4.78, 5) is 0. The third-order valence-electron chi connectivity index (χ3n) is 4.40. The minimum absolute atomic E-state index is 0.261. The number of hydrogen-bond acceptors (Lipinski definition) is 2. The van der Waals surface area contributed by atoms with Crippen LogP contribution >= 0.6 is 0 Å². The van der Waals surface area contributed by atoms with Crippen molar-refractivity contribution in [1.82, 2.24) is 0 Å². The number of fused-ring (bicyclic) bond motifs is 1. The quantitative estimate of drug-likeness (QED) is 0.806. The van der Waals surface area contributed by atoms with Crippen LogP contribution in [-0.2, 0) is 11.2 Å². The molecule has 0 amide bonds. The Morgan fingerprint density at radius 2 is 1.82 bits per heavy atom. The fourth-order valence-electron chi connectivity index (χ4n) is 3.40.